The first-order chi connectivity index (χ1) is 17.4. The van der Waals surface area contributed by atoms with E-state index in [0.717, 1.165) is 5.92 Å². The monoisotopic (exact) mass is 562 g/mol. The molecule has 3 aromatic rings. The van der Waals surface area contributed by atoms with Crippen molar-refractivity contribution in [1.82, 2.24) is 0 Å². The molecular formula is C32H50S4. The van der Waals surface area contributed by atoms with Gasteiger partial charge in [-0.1, -0.05) is 79.6 Å². The van der Waals surface area contributed by atoms with E-state index in [1.54, 1.807) is 28.6 Å². The topological polar surface area (TPSA) is 0 Å². The number of rotatable bonds is 13. The van der Waals surface area contributed by atoms with Gasteiger partial charge in [-0.15, -0.1) is 44.0 Å². The van der Waals surface area contributed by atoms with Gasteiger partial charge in [-0.25, -0.2) is 0 Å². The molecule has 202 valence electrons. The van der Waals surface area contributed by atoms with Crippen molar-refractivity contribution >= 4 is 44.0 Å². The summed E-state index contributed by atoms with van der Waals surface area (Å²) in [6.07, 6.45) is 14.7. The van der Waals surface area contributed by atoms with E-state index in [0.29, 0.717) is 0 Å². The molecule has 4 rings (SSSR count). The molecule has 0 saturated heterocycles. The van der Waals surface area contributed by atoms with E-state index in [-0.39, 0.29) is 0 Å². The van der Waals surface area contributed by atoms with Crippen LogP contribution in [0.3, 0.4) is 0 Å². The largest absolute Gasteiger partial charge is 0.148 e. The molecule has 1 aliphatic rings. The lowest BCUT2D eigenvalue weighted by Crippen LogP contribution is -2.14. The van der Waals surface area contributed by atoms with Crippen molar-refractivity contribution in [3.8, 4) is 9.75 Å². The van der Waals surface area contributed by atoms with Gasteiger partial charge in [0.05, 0.1) is 14.0 Å². The summed E-state index contributed by atoms with van der Waals surface area (Å²) in [5, 5.41) is 0. The van der Waals surface area contributed by atoms with Crippen LogP contribution in [-0.2, 0) is 6.42 Å². The van der Waals surface area contributed by atoms with Crippen LogP contribution in [0.5, 0.6) is 0 Å². The fraction of sp³-hybridized carbons (Fsp3) is 0.625. The fourth-order valence-corrected chi connectivity index (χ4v) is 15.3. The summed E-state index contributed by atoms with van der Waals surface area (Å²) in [6, 6.07) is 10.2. The predicted molar refractivity (Wildman–Crippen MR) is 170 cm³/mol. The van der Waals surface area contributed by atoms with E-state index in [1.165, 1.54) is 86.1 Å². The zero-order valence-corrected chi connectivity index (χ0v) is 27.3. The van der Waals surface area contributed by atoms with Gasteiger partial charge in [-0.2, -0.15) is 0 Å². The Morgan fingerprint density at radius 1 is 0.694 bits per heavy atom. The molecular weight excluding hydrogens is 513 g/mol. The smallest absolute Gasteiger partial charge is 0.0584 e. The maximum absolute atomic E-state index is 2.58. The summed E-state index contributed by atoms with van der Waals surface area (Å²) in [6.45, 7) is 15.9. The van der Waals surface area contributed by atoms with Crippen molar-refractivity contribution in [3.63, 3.8) is 0 Å². The Labute approximate surface area is 236 Å². The maximum atomic E-state index is 2.58. The van der Waals surface area contributed by atoms with Crippen LogP contribution in [0.1, 0.15) is 113 Å². The van der Waals surface area contributed by atoms with Crippen molar-refractivity contribution in [1.29, 1.82) is 0 Å². The normalized spacial score (nSPS) is 15.2. The minimum absolute atomic E-state index is 0.833. The van der Waals surface area contributed by atoms with Crippen LogP contribution in [0, 0.1) is 19.8 Å². The summed E-state index contributed by atoms with van der Waals surface area (Å²) in [5.74, 6) is 2.20. The summed E-state index contributed by atoms with van der Waals surface area (Å²) in [4.78, 5) is 11.2. The van der Waals surface area contributed by atoms with Gasteiger partial charge >= 0.3 is 0 Å². The molecule has 0 aromatic carbocycles. The third-order valence-corrected chi connectivity index (χ3v) is 15.5. The van der Waals surface area contributed by atoms with Gasteiger partial charge in [-0.05, 0) is 75.5 Å². The number of thiophene rings is 3. The zero-order chi connectivity index (χ0) is 26.1. The minimum Gasteiger partial charge on any atom is -0.148 e. The molecule has 4 heteroatoms. The predicted octanol–water partition coefficient (Wildman–Crippen LogP) is 12.9. The summed E-state index contributed by atoms with van der Waals surface area (Å²) >= 11 is 6.26. The quantitative estimate of drug-likeness (QED) is 0.182. The maximum Gasteiger partial charge on any atom is 0.0584 e. The first kappa shape index (κ1) is 30.0. The zero-order valence-electron chi connectivity index (χ0n) is 24.0. The van der Waals surface area contributed by atoms with E-state index in [4.69, 9.17) is 0 Å². The standard InChI is InChI=1S/C29H42S4.C3H8/c1-6-9-11-12-15-24-16-17-27(32-24)33(20-23(13-8-3)14-10-7-2)25-18-21(4)30-28(25)29-26(33)19-22(5)31-29;1-3-2/h16-19,23H,6-15,20H2,1-5H3;3H2,1-2H3. The van der Waals surface area contributed by atoms with Gasteiger partial charge in [0.25, 0.3) is 0 Å². The summed E-state index contributed by atoms with van der Waals surface area (Å²) < 4.78 is 1.70. The summed E-state index contributed by atoms with van der Waals surface area (Å²) in [7, 11) is -1.14. The van der Waals surface area contributed by atoms with Crippen molar-refractivity contribution in [2.75, 3.05) is 5.75 Å². The van der Waals surface area contributed by atoms with E-state index >= 15 is 0 Å². The SMILES string of the molecule is CCC.CCCCCCc1ccc(S2(CC(CCC)CCCC)c3cc(C)sc3-c3sc(C)cc32)s1. The van der Waals surface area contributed by atoms with Gasteiger partial charge in [0.1, 0.15) is 0 Å². The lowest BCUT2D eigenvalue weighted by molar-refractivity contribution is 0.471. The average Bonchev–Trinajstić information content (AvgIpc) is 3.60. The second-order valence-corrected chi connectivity index (χ2v) is 17.6. The first-order valence-electron chi connectivity index (χ1n) is 14.6. The lowest BCUT2D eigenvalue weighted by Gasteiger charge is -2.39. The van der Waals surface area contributed by atoms with Crippen LogP contribution >= 0.6 is 44.0 Å². The van der Waals surface area contributed by atoms with Crippen molar-refractivity contribution in [2.24, 2.45) is 5.92 Å². The molecule has 0 spiro atoms. The molecule has 3 aromatic heterocycles. The van der Waals surface area contributed by atoms with Crippen LogP contribution in [0.4, 0.5) is 0 Å². The van der Waals surface area contributed by atoms with Gasteiger partial charge in [0.15, 0.2) is 0 Å². The van der Waals surface area contributed by atoms with E-state index in [1.807, 2.05) is 0 Å². The highest BCUT2D eigenvalue weighted by atomic mass is 32.3. The Hall–Kier alpha value is -0.550. The Morgan fingerprint density at radius 3 is 1.86 bits per heavy atom. The van der Waals surface area contributed by atoms with Gasteiger partial charge in [0.2, 0.25) is 0 Å². The number of unbranched alkanes of at least 4 members (excludes halogenated alkanes) is 4. The Morgan fingerprint density at radius 2 is 1.31 bits per heavy atom. The van der Waals surface area contributed by atoms with Crippen LogP contribution in [0.2, 0.25) is 0 Å². The summed E-state index contributed by atoms with van der Waals surface area (Å²) in [5.41, 5.74) is 0. The molecule has 0 bridgehead atoms. The third-order valence-electron chi connectivity index (χ3n) is 7.01. The molecule has 1 aliphatic heterocycles. The molecule has 36 heavy (non-hydrogen) atoms. The second-order valence-electron chi connectivity index (χ2n) is 10.5. The molecule has 0 N–H and O–H groups in total. The Kier molecular flexibility index (Phi) is 12.1. The van der Waals surface area contributed by atoms with Crippen molar-refractivity contribution < 1.29 is 0 Å². The number of hydrogen-bond donors (Lipinski definition) is 0. The molecule has 0 saturated carbocycles. The lowest BCUT2D eigenvalue weighted by atomic mass is 9.99. The van der Waals surface area contributed by atoms with Gasteiger partial charge in [0, 0.05) is 24.4 Å². The fourth-order valence-electron chi connectivity index (χ4n) is 5.38. The highest BCUT2D eigenvalue weighted by Gasteiger charge is 2.45. The number of fused-ring (bicyclic) bond motifs is 3. The molecule has 4 heterocycles. The third kappa shape index (κ3) is 6.71. The molecule has 0 fully saturated rings. The highest BCUT2D eigenvalue weighted by molar-refractivity contribution is 8.35. The minimum atomic E-state index is -1.14. The van der Waals surface area contributed by atoms with Gasteiger partial charge < -0.3 is 0 Å². The molecule has 1 unspecified atom stereocenters. The van der Waals surface area contributed by atoms with Crippen molar-refractivity contribution in [3.05, 3.63) is 38.9 Å². The van der Waals surface area contributed by atoms with E-state index in [9.17, 15) is 0 Å². The number of aryl methyl sites for hydroxylation is 3. The van der Waals surface area contributed by atoms with E-state index < -0.39 is 10.0 Å². The first-order valence-corrected chi connectivity index (χ1v) is 18.8. The molecule has 0 nitrogen and oxygen atoms in total. The second kappa shape index (κ2) is 14.6. The average molecular weight is 563 g/mol. The molecule has 0 amide bonds. The number of hydrogen-bond acceptors (Lipinski definition) is 3. The molecule has 1 atom stereocenters. The van der Waals surface area contributed by atoms with Crippen LogP contribution in [0.15, 0.2) is 38.3 Å². The highest BCUT2D eigenvalue weighted by Crippen LogP contribution is 2.80. The van der Waals surface area contributed by atoms with Gasteiger partial charge in [-0.3, -0.25) is 0 Å². The molecule has 0 aliphatic carbocycles. The van der Waals surface area contributed by atoms with E-state index in [2.05, 4.69) is 107 Å². The Bertz CT molecular complexity index is 1000. The van der Waals surface area contributed by atoms with Crippen LogP contribution in [0.25, 0.3) is 9.75 Å². The molecule has 0 radical (unpaired) electrons. The Balaban J connectivity index is 0.00000115. The van der Waals surface area contributed by atoms with Crippen LogP contribution in [-0.4, -0.2) is 5.75 Å². The van der Waals surface area contributed by atoms with Crippen LogP contribution < -0.4 is 0 Å². The van der Waals surface area contributed by atoms with Crippen molar-refractivity contribution in [2.45, 2.75) is 133 Å².